The van der Waals surface area contributed by atoms with Crippen LogP contribution in [0.25, 0.3) is 10.2 Å². The SMILES string of the molecule is Cc1nn(Cc2ccc(Cl)cc2)c2sc(C(=O)NC(CN)C3CC3)cc12.Cl. The maximum Gasteiger partial charge on any atom is 0.261 e. The number of nitrogens with one attached hydrogen (secondary N) is 1. The van der Waals surface area contributed by atoms with E-state index in [-0.39, 0.29) is 24.4 Å². The zero-order valence-corrected chi connectivity index (χ0v) is 17.3. The molecule has 0 aliphatic heterocycles. The van der Waals surface area contributed by atoms with Crippen molar-refractivity contribution in [1.29, 1.82) is 0 Å². The number of hydrogen-bond acceptors (Lipinski definition) is 4. The van der Waals surface area contributed by atoms with E-state index >= 15 is 0 Å². The van der Waals surface area contributed by atoms with Crippen molar-refractivity contribution in [3.05, 3.63) is 51.5 Å². The fraction of sp³-hybridized carbons (Fsp3) is 0.368. The first-order valence-corrected chi connectivity index (χ1v) is 9.97. The molecule has 4 rings (SSSR count). The summed E-state index contributed by atoms with van der Waals surface area (Å²) in [5.41, 5.74) is 7.86. The van der Waals surface area contributed by atoms with Crippen molar-refractivity contribution >= 4 is 51.5 Å². The number of carbonyl (C=O) groups excluding carboxylic acids is 1. The standard InChI is InChI=1S/C19H21ClN4OS.ClH/c1-11-15-8-17(18(25)22-16(9-21)13-4-5-13)26-19(15)24(23-11)10-12-2-6-14(20)7-3-12;/h2-3,6-8,13,16H,4-5,9-10,21H2,1H3,(H,22,25);1H. The molecule has 0 spiro atoms. The number of nitrogens with two attached hydrogens (primary N) is 1. The van der Waals surface area contributed by atoms with Crippen LogP contribution in [0.5, 0.6) is 0 Å². The van der Waals surface area contributed by atoms with Crippen LogP contribution in [-0.2, 0) is 6.54 Å². The number of carbonyl (C=O) groups is 1. The number of hydrogen-bond donors (Lipinski definition) is 2. The van der Waals surface area contributed by atoms with Crippen LogP contribution in [-0.4, -0.2) is 28.3 Å². The summed E-state index contributed by atoms with van der Waals surface area (Å²) >= 11 is 7.44. The molecular formula is C19H22Cl2N4OS. The van der Waals surface area contributed by atoms with Crippen LogP contribution < -0.4 is 11.1 Å². The van der Waals surface area contributed by atoms with Crippen molar-refractivity contribution in [3.63, 3.8) is 0 Å². The number of amides is 1. The van der Waals surface area contributed by atoms with Gasteiger partial charge in [-0.2, -0.15) is 5.10 Å². The smallest absolute Gasteiger partial charge is 0.261 e. The Hall–Kier alpha value is -1.60. The van der Waals surface area contributed by atoms with Crippen LogP contribution in [0, 0.1) is 12.8 Å². The Labute approximate surface area is 173 Å². The summed E-state index contributed by atoms with van der Waals surface area (Å²) < 4.78 is 1.96. The van der Waals surface area contributed by atoms with Gasteiger partial charge in [-0.3, -0.25) is 9.48 Å². The molecule has 0 bridgehead atoms. The van der Waals surface area contributed by atoms with Crippen LogP contribution in [0.3, 0.4) is 0 Å². The van der Waals surface area contributed by atoms with E-state index < -0.39 is 0 Å². The van der Waals surface area contributed by atoms with Crippen molar-refractivity contribution in [2.24, 2.45) is 11.7 Å². The molecule has 8 heteroatoms. The highest BCUT2D eigenvalue weighted by molar-refractivity contribution is 7.20. The van der Waals surface area contributed by atoms with E-state index in [1.807, 2.05) is 41.9 Å². The van der Waals surface area contributed by atoms with Gasteiger partial charge in [-0.15, -0.1) is 23.7 Å². The first-order valence-electron chi connectivity index (χ1n) is 8.77. The third-order valence-corrected chi connectivity index (χ3v) is 6.24. The maximum atomic E-state index is 12.6. The summed E-state index contributed by atoms with van der Waals surface area (Å²) in [6.45, 7) is 3.11. The fourth-order valence-electron chi connectivity index (χ4n) is 3.20. The molecule has 2 aromatic heterocycles. The molecule has 2 heterocycles. The van der Waals surface area contributed by atoms with E-state index in [0.717, 1.165) is 39.3 Å². The molecule has 1 fully saturated rings. The molecule has 27 heavy (non-hydrogen) atoms. The quantitative estimate of drug-likeness (QED) is 0.627. The minimum atomic E-state index is -0.0361. The van der Waals surface area contributed by atoms with Crippen LogP contribution in [0.4, 0.5) is 0 Å². The van der Waals surface area contributed by atoms with Gasteiger partial charge in [0.25, 0.3) is 5.91 Å². The van der Waals surface area contributed by atoms with Gasteiger partial charge in [0, 0.05) is 23.0 Å². The lowest BCUT2D eigenvalue weighted by Crippen LogP contribution is -2.41. The van der Waals surface area contributed by atoms with Gasteiger partial charge in [0.15, 0.2) is 0 Å². The molecule has 3 aromatic rings. The zero-order chi connectivity index (χ0) is 18.3. The number of aromatic nitrogens is 2. The Kier molecular flexibility index (Phi) is 6.11. The van der Waals surface area contributed by atoms with Gasteiger partial charge in [-0.1, -0.05) is 23.7 Å². The van der Waals surface area contributed by atoms with E-state index in [0.29, 0.717) is 23.9 Å². The largest absolute Gasteiger partial charge is 0.347 e. The highest BCUT2D eigenvalue weighted by Gasteiger charge is 2.31. The molecular weight excluding hydrogens is 403 g/mol. The van der Waals surface area contributed by atoms with Crippen molar-refractivity contribution in [3.8, 4) is 0 Å². The fourth-order valence-corrected chi connectivity index (χ4v) is 4.39. The Morgan fingerprint density at radius 1 is 1.41 bits per heavy atom. The van der Waals surface area contributed by atoms with Gasteiger partial charge in [0.05, 0.1) is 17.1 Å². The second kappa shape index (κ2) is 8.19. The summed E-state index contributed by atoms with van der Waals surface area (Å²) in [6.07, 6.45) is 2.31. The number of halogens is 2. The molecule has 1 amide bonds. The van der Waals surface area contributed by atoms with Crippen molar-refractivity contribution in [2.45, 2.75) is 32.4 Å². The number of aryl methyl sites for hydroxylation is 1. The molecule has 3 N–H and O–H groups in total. The normalized spacial score (nSPS) is 14.8. The van der Waals surface area contributed by atoms with E-state index in [1.54, 1.807) is 0 Å². The van der Waals surface area contributed by atoms with Crippen LogP contribution >= 0.6 is 35.3 Å². The van der Waals surface area contributed by atoms with Crippen LogP contribution in [0.1, 0.15) is 33.8 Å². The average molecular weight is 425 g/mol. The van der Waals surface area contributed by atoms with E-state index in [9.17, 15) is 4.79 Å². The topological polar surface area (TPSA) is 72.9 Å². The molecule has 1 unspecified atom stereocenters. The summed E-state index contributed by atoms with van der Waals surface area (Å²) in [5.74, 6) is 0.506. The van der Waals surface area contributed by atoms with E-state index in [1.165, 1.54) is 11.3 Å². The minimum absolute atomic E-state index is 0. The highest BCUT2D eigenvalue weighted by Crippen LogP contribution is 2.33. The monoisotopic (exact) mass is 424 g/mol. The molecule has 5 nitrogen and oxygen atoms in total. The number of nitrogens with zero attached hydrogens (tertiary/aromatic N) is 2. The predicted molar refractivity (Wildman–Crippen MR) is 113 cm³/mol. The summed E-state index contributed by atoms with van der Waals surface area (Å²) in [5, 5.41) is 9.47. The molecule has 1 saturated carbocycles. The van der Waals surface area contributed by atoms with Gasteiger partial charge >= 0.3 is 0 Å². The van der Waals surface area contributed by atoms with Gasteiger partial charge in [0.2, 0.25) is 0 Å². The summed E-state index contributed by atoms with van der Waals surface area (Å²) in [6, 6.07) is 9.77. The number of rotatable bonds is 6. The Bertz CT molecular complexity index is 947. The number of thiophene rings is 1. The van der Waals surface area contributed by atoms with Gasteiger partial charge in [-0.05, 0) is 49.4 Å². The van der Waals surface area contributed by atoms with Crippen molar-refractivity contribution in [2.75, 3.05) is 6.54 Å². The second-order valence-corrected chi connectivity index (χ2v) is 8.32. The van der Waals surface area contributed by atoms with E-state index in [4.69, 9.17) is 17.3 Å². The first kappa shape index (κ1) is 20.1. The maximum absolute atomic E-state index is 12.6. The van der Waals surface area contributed by atoms with Crippen molar-refractivity contribution in [1.82, 2.24) is 15.1 Å². The van der Waals surface area contributed by atoms with Crippen molar-refractivity contribution < 1.29 is 4.79 Å². The lowest BCUT2D eigenvalue weighted by Gasteiger charge is -2.15. The molecule has 1 aromatic carbocycles. The second-order valence-electron chi connectivity index (χ2n) is 6.85. The molecule has 1 aliphatic rings. The highest BCUT2D eigenvalue weighted by atomic mass is 35.5. The molecule has 0 radical (unpaired) electrons. The molecule has 0 saturated heterocycles. The van der Waals surface area contributed by atoms with Gasteiger partial charge in [0.1, 0.15) is 4.83 Å². The first-order chi connectivity index (χ1) is 12.5. The molecule has 144 valence electrons. The Balaban J connectivity index is 0.00000210. The molecule has 1 aliphatic carbocycles. The van der Waals surface area contributed by atoms with Crippen LogP contribution in [0.2, 0.25) is 5.02 Å². The third-order valence-electron chi connectivity index (χ3n) is 4.84. The Morgan fingerprint density at radius 2 is 2.11 bits per heavy atom. The van der Waals surface area contributed by atoms with Gasteiger partial charge in [-0.25, -0.2) is 0 Å². The third kappa shape index (κ3) is 4.29. The summed E-state index contributed by atoms with van der Waals surface area (Å²) in [7, 11) is 0. The zero-order valence-electron chi connectivity index (χ0n) is 14.9. The van der Waals surface area contributed by atoms with E-state index in [2.05, 4.69) is 10.4 Å². The Morgan fingerprint density at radius 3 is 2.74 bits per heavy atom. The average Bonchev–Trinajstić information content (AvgIpc) is 3.30. The predicted octanol–water partition coefficient (Wildman–Crippen LogP) is 4.00. The number of fused-ring (bicyclic) bond motifs is 1. The number of benzene rings is 1. The summed E-state index contributed by atoms with van der Waals surface area (Å²) in [4.78, 5) is 14.4. The van der Waals surface area contributed by atoms with Crippen LogP contribution in [0.15, 0.2) is 30.3 Å². The molecule has 1 atom stereocenters. The van der Waals surface area contributed by atoms with Gasteiger partial charge < -0.3 is 11.1 Å². The lowest BCUT2D eigenvalue weighted by molar-refractivity contribution is 0.0937. The lowest BCUT2D eigenvalue weighted by atomic mass is 10.2. The minimum Gasteiger partial charge on any atom is -0.347 e.